The summed E-state index contributed by atoms with van der Waals surface area (Å²) in [5.41, 5.74) is 2.19. The standard InChI is InChI=1S/C14H17N3O3/c1-5-10-11(7-6-8(2)15-10)20-13-12(14(18)19)9(3)16-17(13)4/h6-7H,5H2,1-4H3,(H,18,19). The van der Waals surface area contributed by atoms with E-state index in [0.29, 0.717) is 17.9 Å². The van der Waals surface area contributed by atoms with Crippen molar-refractivity contribution in [2.24, 2.45) is 7.05 Å². The number of aromatic carboxylic acids is 1. The SMILES string of the molecule is CCc1nc(C)ccc1Oc1c(C(=O)O)c(C)nn1C. The molecule has 20 heavy (non-hydrogen) atoms. The number of pyridine rings is 1. The number of carboxylic acid groups (broad SMARTS) is 1. The van der Waals surface area contributed by atoms with Crippen LogP contribution < -0.4 is 4.74 Å². The van der Waals surface area contributed by atoms with Gasteiger partial charge in [-0.1, -0.05) is 6.92 Å². The molecule has 0 unspecified atom stereocenters. The topological polar surface area (TPSA) is 77.2 Å². The quantitative estimate of drug-likeness (QED) is 0.927. The average molecular weight is 275 g/mol. The molecule has 0 aromatic carbocycles. The zero-order valence-corrected chi connectivity index (χ0v) is 12.0. The van der Waals surface area contributed by atoms with Gasteiger partial charge in [-0.3, -0.25) is 4.98 Å². The van der Waals surface area contributed by atoms with Crippen LogP contribution in [0.5, 0.6) is 11.6 Å². The molecule has 0 saturated carbocycles. The summed E-state index contributed by atoms with van der Waals surface area (Å²) >= 11 is 0. The highest BCUT2D eigenvalue weighted by Gasteiger charge is 2.22. The number of carbonyl (C=O) groups is 1. The van der Waals surface area contributed by atoms with Gasteiger partial charge in [-0.25, -0.2) is 9.48 Å². The minimum Gasteiger partial charge on any atom is -0.477 e. The average Bonchev–Trinajstić information content (AvgIpc) is 2.66. The molecule has 0 bridgehead atoms. The highest BCUT2D eigenvalue weighted by Crippen LogP contribution is 2.29. The maximum Gasteiger partial charge on any atom is 0.343 e. The van der Waals surface area contributed by atoms with Gasteiger partial charge >= 0.3 is 5.97 Å². The van der Waals surface area contributed by atoms with Crippen molar-refractivity contribution in [1.82, 2.24) is 14.8 Å². The Hall–Kier alpha value is -2.37. The van der Waals surface area contributed by atoms with Crippen LogP contribution >= 0.6 is 0 Å². The molecule has 0 radical (unpaired) electrons. The molecular formula is C14H17N3O3. The Morgan fingerprint density at radius 1 is 1.40 bits per heavy atom. The van der Waals surface area contributed by atoms with E-state index in [1.807, 2.05) is 19.9 Å². The highest BCUT2D eigenvalue weighted by atomic mass is 16.5. The van der Waals surface area contributed by atoms with Crippen LogP contribution in [0.15, 0.2) is 12.1 Å². The summed E-state index contributed by atoms with van der Waals surface area (Å²) in [5, 5.41) is 13.4. The van der Waals surface area contributed by atoms with E-state index in [1.165, 1.54) is 4.68 Å². The fourth-order valence-corrected chi connectivity index (χ4v) is 2.05. The van der Waals surface area contributed by atoms with Crippen molar-refractivity contribution in [3.05, 3.63) is 34.8 Å². The van der Waals surface area contributed by atoms with E-state index in [4.69, 9.17) is 4.74 Å². The van der Waals surface area contributed by atoms with E-state index in [1.54, 1.807) is 20.0 Å². The first-order chi connectivity index (χ1) is 9.43. The molecular weight excluding hydrogens is 258 g/mol. The second-order valence-electron chi connectivity index (χ2n) is 4.55. The molecule has 0 spiro atoms. The molecule has 0 amide bonds. The van der Waals surface area contributed by atoms with Gasteiger partial charge < -0.3 is 9.84 Å². The Labute approximate surface area is 117 Å². The fraction of sp³-hybridized carbons (Fsp3) is 0.357. The third-order valence-electron chi connectivity index (χ3n) is 3.00. The molecule has 0 saturated heterocycles. The first-order valence-corrected chi connectivity index (χ1v) is 6.35. The lowest BCUT2D eigenvalue weighted by Gasteiger charge is -2.10. The number of hydrogen-bond acceptors (Lipinski definition) is 4. The van der Waals surface area contributed by atoms with E-state index >= 15 is 0 Å². The summed E-state index contributed by atoms with van der Waals surface area (Å²) in [4.78, 5) is 15.7. The normalized spacial score (nSPS) is 10.6. The number of hydrogen-bond donors (Lipinski definition) is 1. The molecule has 2 rings (SSSR count). The van der Waals surface area contributed by atoms with Gasteiger partial charge in [0.15, 0.2) is 5.75 Å². The lowest BCUT2D eigenvalue weighted by molar-refractivity contribution is 0.0693. The van der Waals surface area contributed by atoms with E-state index < -0.39 is 5.97 Å². The minimum atomic E-state index is -1.05. The molecule has 2 aromatic heterocycles. The first-order valence-electron chi connectivity index (χ1n) is 6.35. The zero-order valence-electron chi connectivity index (χ0n) is 12.0. The van der Waals surface area contributed by atoms with Crippen molar-refractivity contribution in [2.45, 2.75) is 27.2 Å². The van der Waals surface area contributed by atoms with Crippen LogP contribution in [0.3, 0.4) is 0 Å². The number of aryl methyl sites for hydroxylation is 4. The van der Waals surface area contributed by atoms with Crippen molar-refractivity contribution in [3.8, 4) is 11.6 Å². The monoisotopic (exact) mass is 275 g/mol. The molecule has 106 valence electrons. The van der Waals surface area contributed by atoms with Gasteiger partial charge in [0.1, 0.15) is 5.56 Å². The van der Waals surface area contributed by atoms with Gasteiger partial charge in [0, 0.05) is 12.7 Å². The molecule has 6 heteroatoms. The highest BCUT2D eigenvalue weighted by molar-refractivity contribution is 5.91. The number of nitrogens with zero attached hydrogens (tertiary/aromatic N) is 3. The molecule has 1 N–H and O–H groups in total. The summed E-state index contributed by atoms with van der Waals surface area (Å²) < 4.78 is 7.19. The molecule has 0 fully saturated rings. The van der Waals surface area contributed by atoms with Crippen LogP contribution in [0.4, 0.5) is 0 Å². The maximum atomic E-state index is 11.3. The second kappa shape index (κ2) is 5.32. The van der Waals surface area contributed by atoms with Crippen molar-refractivity contribution in [2.75, 3.05) is 0 Å². The largest absolute Gasteiger partial charge is 0.477 e. The summed E-state index contributed by atoms with van der Waals surface area (Å²) in [6, 6.07) is 3.63. The van der Waals surface area contributed by atoms with Crippen LogP contribution in [0.25, 0.3) is 0 Å². The summed E-state index contributed by atoms with van der Waals surface area (Å²) in [6.45, 7) is 5.52. The van der Waals surface area contributed by atoms with Crippen molar-refractivity contribution in [3.63, 3.8) is 0 Å². The second-order valence-corrected chi connectivity index (χ2v) is 4.55. The number of carboxylic acids is 1. The lowest BCUT2D eigenvalue weighted by atomic mass is 10.2. The minimum absolute atomic E-state index is 0.0788. The smallest absolute Gasteiger partial charge is 0.343 e. The molecule has 2 heterocycles. The number of ether oxygens (including phenoxy) is 1. The Balaban J connectivity index is 2.47. The number of rotatable bonds is 4. The van der Waals surface area contributed by atoms with Crippen LogP contribution in [-0.2, 0) is 13.5 Å². The molecule has 6 nitrogen and oxygen atoms in total. The van der Waals surface area contributed by atoms with Gasteiger partial charge in [0.05, 0.1) is 11.4 Å². The molecule has 0 atom stereocenters. The summed E-state index contributed by atoms with van der Waals surface area (Å²) in [6.07, 6.45) is 0.705. The third-order valence-corrected chi connectivity index (χ3v) is 3.00. The van der Waals surface area contributed by atoms with E-state index in [-0.39, 0.29) is 11.4 Å². The van der Waals surface area contributed by atoms with E-state index in [9.17, 15) is 9.90 Å². The van der Waals surface area contributed by atoms with Gasteiger partial charge in [0.25, 0.3) is 0 Å². The lowest BCUT2D eigenvalue weighted by Crippen LogP contribution is -2.04. The number of aromatic nitrogens is 3. The predicted molar refractivity (Wildman–Crippen MR) is 73.3 cm³/mol. The van der Waals surface area contributed by atoms with E-state index in [0.717, 1.165) is 11.4 Å². The van der Waals surface area contributed by atoms with Gasteiger partial charge in [-0.2, -0.15) is 5.10 Å². The molecule has 2 aromatic rings. The van der Waals surface area contributed by atoms with Crippen molar-refractivity contribution in [1.29, 1.82) is 0 Å². The van der Waals surface area contributed by atoms with Gasteiger partial charge in [-0.15, -0.1) is 0 Å². The van der Waals surface area contributed by atoms with Gasteiger partial charge in [-0.05, 0) is 32.4 Å². The Kier molecular flexibility index (Phi) is 3.74. The maximum absolute atomic E-state index is 11.3. The molecule has 0 aliphatic rings. The summed E-state index contributed by atoms with van der Waals surface area (Å²) in [7, 11) is 1.65. The van der Waals surface area contributed by atoms with Crippen molar-refractivity contribution >= 4 is 5.97 Å². The van der Waals surface area contributed by atoms with Crippen LogP contribution in [0.1, 0.15) is 34.4 Å². The fourth-order valence-electron chi connectivity index (χ4n) is 2.05. The Morgan fingerprint density at radius 2 is 2.10 bits per heavy atom. The molecule has 0 aliphatic heterocycles. The predicted octanol–water partition coefficient (Wildman–Crippen LogP) is 2.48. The Morgan fingerprint density at radius 3 is 2.70 bits per heavy atom. The van der Waals surface area contributed by atoms with Gasteiger partial charge in [0.2, 0.25) is 5.88 Å². The van der Waals surface area contributed by atoms with Crippen LogP contribution in [0, 0.1) is 13.8 Å². The first kappa shape index (κ1) is 14.0. The Bertz CT molecular complexity index is 662. The summed E-state index contributed by atoms with van der Waals surface area (Å²) in [5.74, 6) is -0.275. The van der Waals surface area contributed by atoms with E-state index in [2.05, 4.69) is 10.1 Å². The van der Waals surface area contributed by atoms with Crippen LogP contribution in [-0.4, -0.2) is 25.8 Å². The van der Waals surface area contributed by atoms with Crippen LogP contribution in [0.2, 0.25) is 0 Å². The third kappa shape index (κ3) is 2.49. The molecule has 0 aliphatic carbocycles. The zero-order chi connectivity index (χ0) is 14.9. The van der Waals surface area contributed by atoms with Crippen molar-refractivity contribution < 1.29 is 14.6 Å².